The van der Waals surface area contributed by atoms with E-state index >= 15 is 0 Å². The predicted molar refractivity (Wildman–Crippen MR) is 111 cm³/mol. The number of hydrogen-bond donors (Lipinski definition) is 2. The molecule has 0 heterocycles. The Bertz CT molecular complexity index is 877. The largest absolute Gasteiger partial charge is 0.493 e. The van der Waals surface area contributed by atoms with Gasteiger partial charge in [-0.2, -0.15) is 0 Å². The van der Waals surface area contributed by atoms with Crippen LogP contribution in [0.3, 0.4) is 0 Å². The van der Waals surface area contributed by atoms with Crippen molar-refractivity contribution in [2.24, 2.45) is 11.7 Å². The molecular formula is C21H23ClN2O4. The first-order valence-electron chi connectivity index (χ1n) is 8.69. The lowest BCUT2D eigenvalue weighted by atomic mass is 10.1. The molecule has 0 aliphatic carbocycles. The van der Waals surface area contributed by atoms with E-state index in [1.165, 1.54) is 13.2 Å². The maximum absolute atomic E-state index is 12.1. The summed E-state index contributed by atoms with van der Waals surface area (Å²) in [7, 11) is 1.53. The van der Waals surface area contributed by atoms with Gasteiger partial charge in [0, 0.05) is 17.3 Å². The van der Waals surface area contributed by atoms with Crippen LogP contribution in [0.1, 0.15) is 29.8 Å². The van der Waals surface area contributed by atoms with E-state index in [2.05, 4.69) is 5.32 Å². The van der Waals surface area contributed by atoms with Crippen molar-refractivity contribution >= 4 is 35.2 Å². The zero-order chi connectivity index (χ0) is 20.7. The molecule has 0 saturated carbocycles. The molecule has 3 N–H and O–H groups in total. The summed E-state index contributed by atoms with van der Waals surface area (Å²) in [6, 6.07) is 9.74. The molecule has 0 atom stereocenters. The van der Waals surface area contributed by atoms with Gasteiger partial charge in [-0.15, -0.1) is 0 Å². The number of benzene rings is 2. The molecule has 0 aliphatic heterocycles. The number of halogens is 1. The Morgan fingerprint density at radius 3 is 2.46 bits per heavy atom. The quantitative estimate of drug-likeness (QED) is 0.649. The Kier molecular flexibility index (Phi) is 7.46. The van der Waals surface area contributed by atoms with Gasteiger partial charge in [0.05, 0.1) is 18.7 Å². The number of anilines is 1. The maximum Gasteiger partial charge on any atom is 0.248 e. The van der Waals surface area contributed by atoms with Crippen molar-refractivity contribution in [1.29, 1.82) is 0 Å². The minimum absolute atomic E-state index is 0.331. The average molecular weight is 403 g/mol. The highest BCUT2D eigenvalue weighted by Crippen LogP contribution is 2.37. The number of hydrogen-bond acceptors (Lipinski definition) is 4. The first-order chi connectivity index (χ1) is 13.3. The van der Waals surface area contributed by atoms with Crippen LogP contribution in [0.2, 0.25) is 5.02 Å². The van der Waals surface area contributed by atoms with Gasteiger partial charge in [0.25, 0.3) is 0 Å². The third-order valence-electron chi connectivity index (χ3n) is 3.68. The molecule has 2 aromatic rings. The molecule has 2 aromatic carbocycles. The van der Waals surface area contributed by atoms with Crippen molar-refractivity contribution in [3.05, 3.63) is 58.6 Å². The number of amides is 2. The Labute approximate surface area is 169 Å². The fourth-order valence-corrected chi connectivity index (χ4v) is 2.57. The van der Waals surface area contributed by atoms with Gasteiger partial charge < -0.3 is 20.5 Å². The van der Waals surface area contributed by atoms with Gasteiger partial charge in [-0.25, -0.2) is 0 Å². The SMILES string of the molecule is COc1cc(/C=C/C(=O)Nc2ccc(C(N)=O)cc2)cc(Cl)c1OCC(C)C. The molecule has 0 bridgehead atoms. The van der Waals surface area contributed by atoms with Gasteiger partial charge in [0.15, 0.2) is 11.5 Å². The van der Waals surface area contributed by atoms with Crippen molar-refractivity contribution < 1.29 is 19.1 Å². The van der Waals surface area contributed by atoms with Crippen LogP contribution in [0.5, 0.6) is 11.5 Å². The topological polar surface area (TPSA) is 90.6 Å². The molecule has 6 nitrogen and oxygen atoms in total. The summed E-state index contributed by atoms with van der Waals surface area (Å²) in [4.78, 5) is 23.2. The highest BCUT2D eigenvalue weighted by molar-refractivity contribution is 6.32. The first-order valence-corrected chi connectivity index (χ1v) is 9.07. The molecule has 0 aliphatic rings. The van der Waals surface area contributed by atoms with Crippen LogP contribution >= 0.6 is 11.6 Å². The molecule has 0 aromatic heterocycles. The summed E-state index contributed by atoms with van der Waals surface area (Å²) in [5.41, 5.74) is 6.80. The van der Waals surface area contributed by atoms with E-state index in [9.17, 15) is 9.59 Å². The van der Waals surface area contributed by atoms with Crippen molar-refractivity contribution in [3.63, 3.8) is 0 Å². The number of methoxy groups -OCH3 is 1. The van der Waals surface area contributed by atoms with E-state index in [0.29, 0.717) is 45.9 Å². The first kappa shape index (κ1) is 21.3. The fraction of sp³-hybridized carbons (Fsp3) is 0.238. The molecule has 2 rings (SSSR count). The van der Waals surface area contributed by atoms with Crippen LogP contribution in [-0.4, -0.2) is 25.5 Å². The molecule has 28 heavy (non-hydrogen) atoms. The standard InChI is InChI=1S/C21H23ClN2O4/c1-13(2)12-28-20-17(22)10-14(11-18(20)27-3)4-9-19(25)24-16-7-5-15(6-8-16)21(23)26/h4-11,13H,12H2,1-3H3,(H2,23,26)(H,24,25)/b9-4+. The average Bonchev–Trinajstić information content (AvgIpc) is 2.65. The third-order valence-corrected chi connectivity index (χ3v) is 3.96. The van der Waals surface area contributed by atoms with Crippen molar-refractivity contribution in [2.75, 3.05) is 19.0 Å². The molecule has 2 amide bonds. The molecule has 0 radical (unpaired) electrons. The minimum Gasteiger partial charge on any atom is -0.493 e. The van der Waals surface area contributed by atoms with Crippen LogP contribution < -0.4 is 20.5 Å². The summed E-state index contributed by atoms with van der Waals surface area (Å²) >= 11 is 6.31. The highest BCUT2D eigenvalue weighted by atomic mass is 35.5. The van der Waals surface area contributed by atoms with Crippen LogP contribution in [0, 0.1) is 5.92 Å². The number of rotatable bonds is 8. The zero-order valence-corrected chi connectivity index (χ0v) is 16.7. The predicted octanol–water partition coefficient (Wildman–Crippen LogP) is 4.13. The number of carbonyl (C=O) groups excluding carboxylic acids is 2. The van der Waals surface area contributed by atoms with Crippen molar-refractivity contribution in [1.82, 2.24) is 0 Å². The maximum atomic E-state index is 12.1. The number of nitrogens with two attached hydrogens (primary N) is 1. The van der Waals surface area contributed by atoms with Crippen molar-refractivity contribution in [2.45, 2.75) is 13.8 Å². The van der Waals surface area contributed by atoms with E-state index in [0.717, 1.165) is 0 Å². The summed E-state index contributed by atoms with van der Waals surface area (Å²) in [6.45, 7) is 4.59. The van der Waals surface area contributed by atoms with E-state index < -0.39 is 5.91 Å². The van der Waals surface area contributed by atoms with Gasteiger partial charge in [-0.1, -0.05) is 25.4 Å². The summed E-state index contributed by atoms with van der Waals surface area (Å²) in [6.07, 6.45) is 3.00. The Hall–Kier alpha value is -2.99. The van der Waals surface area contributed by atoms with Gasteiger partial charge in [-0.05, 0) is 54.0 Å². The van der Waals surface area contributed by atoms with Gasteiger partial charge in [0.1, 0.15) is 0 Å². The fourth-order valence-electron chi connectivity index (χ4n) is 2.30. The Morgan fingerprint density at radius 1 is 1.21 bits per heavy atom. The molecule has 0 unspecified atom stereocenters. The molecule has 148 valence electrons. The number of ether oxygens (including phenoxy) is 2. The Morgan fingerprint density at radius 2 is 1.89 bits per heavy atom. The van der Waals surface area contributed by atoms with Crippen LogP contribution in [0.4, 0.5) is 5.69 Å². The normalized spacial score (nSPS) is 10.9. The Balaban J connectivity index is 2.08. The lowest BCUT2D eigenvalue weighted by Gasteiger charge is -2.14. The summed E-state index contributed by atoms with van der Waals surface area (Å²) in [5, 5.41) is 3.10. The lowest BCUT2D eigenvalue weighted by Crippen LogP contribution is -2.11. The molecule has 0 spiro atoms. The van der Waals surface area contributed by atoms with Crippen LogP contribution in [0.25, 0.3) is 6.08 Å². The lowest BCUT2D eigenvalue weighted by molar-refractivity contribution is -0.111. The van der Waals surface area contributed by atoms with E-state index in [1.54, 1.807) is 42.5 Å². The van der Waals surface area contributed by atoms with E-state index in [-0.39, 0.29) is 5.91 Å². The molecule has 0 fully saturated rings. The number of carbonyl (C=O) groups is 2. The van der Waals surface area contributed by atoms with Crippen LogP contribution in [0.15, 0.2) is 42.5 Å². The zero-order valence-electron chi connectivity index (χ0n) is 16.0. The summed E-state index contributed by atoms with van der Waals surface area (Å²) in [5.74, 6) is 0.469. The van der Waals surface area contributed by atoms with E-state index in [4.69, 9.17) is 26.8 Å². The van der Waals surface area contributed by atoms with Crippen LogP contribution in [-0.2, 0) is 4.79 Å². The summed E-state index contributed by atoms with van der Waals surface area (Å²) < 4.78 is 11.1. The van der Waals surface area contributed by atoms with E-state index in [1.807, 2.05) is 13.8 Å². The molecular weight excluding hydrogens is 380 g/mol. The van der Waals surface area contributed by atoms with Gasteiger partial charge >= 0.3 is 0 Å². The highest BCUT2D eigenvalue weighted by Gasteiger charge is 2.12. The number of nitrogens with one attached hydrogen (secondary N) is 1. The monoisotopic (exact) mass is 402 g/mol. The van der Waals surface area contributed by atoms with Gasteiger partial charge in [-0.3, -0.25) is 9.59 Å². The van der Waals surface area contributed by atoms with Gasteiger partial charge in [0.2, 0.25) is 11.8 Å². The smallest absolute Gasteiger partial charge is 0.248 e. The molecule has 0 saturated heterocycles. The third kappa shape index (κ3) is 6.03. The second-order valence-electron chi connectivity index (χ2n) is 6.50. The van der Waals surface area contributed by atoms with Crippen molar-refractivity contribution in [3.8, 4) is 11.5 Å². The second kappa shape index (κ2) is 9.80. The number of primary amides is 1. The molecule has 7 heteroatoms. The minimum atomic E-state index is -0.524. The second-order valence-corrected chi connectivity index (χ2v) is 6.91.